The minimum Gasteiger partial charge on any atom is -0.353 e. The zero-order valence-corrected chi connectivity index (χ0v) is 15.6. The lowest BCUT2D eigenvalue weighted by atomic mass is 10.1. The van der Waals surface area contributed by atoms with Crippen molar-refractivity contribution in [3.05, 3.63) is 57.6 Å². The van der Waals surface area contributed by atoms with Crippen LogP contribution in [0.3, 0.4) is 0 Å². The first kappa shape index (κ1) is 18.5. The second-order valence-corrected chi connectivity index (χ2v) is 6.53. The van der Waals surface area contributed by atoms with E-state index in [4.69, 9.17) is 35.4 Å². The quantitative estimate of drug-likeness (QED) is 0.680. The second-order valence-electron chi connectivity index (χ2n) is 5.28. The van der Waals surface area contributed by atoms with Gasteiger partial charge in [-0.25, -0.2) is 0 Å². The largest absolute Gasteiger partial charge is 0.353 e. The molecule has 0 spiro atoms. The van der Waals surface area contributed by atoms with E-state index in [0.717, 1.165) is 11.3 Å². The third-order valence-electron chi connectivity index (χ3n) is 3.38. The number of amides is 1. The monoisotopic (exact) mass is 381 g/mol. The molecular formula is C17H17Cl2N3OS. The Bertz CT molecular complexity index is 780. The van der Waals surface area contributed by atoms with E-state index in [2.05, 4.69) is 16.0 Å². The fraction of sp³-hybridized carbons (Fsp3) is 0.176. The molecule has 0 bridgehead atoms. The van der Waals surface area contributed by atoms with E-state index in [1.807, 2.05) is 32.0 Å². The van der Waals surface area contributed by atoms with Crippen LogP contribution in [-0.4, -0.2) is 17.6 Å². The van der Waals surface area contributed by atoms with Gasteiger partial charge < -0.3 is 16.0 Å². The Hall–Kier alpha value is -1.82. The Morgan fingerprint density at radius 2 is 1.79 bits per heavy atom. The van der Waals surface area contributed by atoms with E-state index in [1.54, 1.807) is 18.2 Å². The van der Waals surface area contributed by atoms with Gasteiger partial charge in [0.2, 0.25) is 5.91 Å². The minimum absolute atomic E-state index is 0.0134. The van der Waals surface area contributed by atoms with Crippen LogP contribution in [0.25, 0.3) is 0 Å². The van der Waals surface area contributed by atoms with Gasteiger partial charge in [0.1, 0.15) is 0 Å². The summed E-state index contributed by atoms with van der Waals surface area (Å²) < 4.78 is 0. The first-order valence-corrected chi connectivity index (χ1v) is 8.38. The van der Waals surface area contributed by atoms with E-state index in [0.29, 0.717) is 20.8 Å². The summed E-state index contributed by atoms with van der Waals surface area (Å²) in [5, 5.41) is 9.86. The number of aryl methyl sites for hydroxylation is 2. The molecule has 0 radical (unpaired) electrons. The molecular weight excluding hydrogens is 365 g/mol. The number of rotatable bonds is 4. The first-order chi connectivity index (χ1) is 11.3. The van der Waals surface area contributed by atoms with Gasteiger partial charge in [-0.15, -0.1) is 0 Å². The lowest BCUT2D eigenvalue weighted by Gasteiger charge is -2.12. The summed E-state index contributed by atoms with van der Waals surface area (Å²) in [5.41, 5.74) is 3.70. The van der Waals surface area contributed by atoms with Crippen molar-refractivity contribution in [2.45, 2.75) is 13.8 Å². The number of hydrogen-bond donors (Lipinski definition) is 3. The van der Waals surface area contributed by atoms with Gasteiger partial charge in [0, 0.05) is 10.7 Å². The average Bonchev–Trinajstić information content (AvgIpc) is 2.52. The van der Waals surface area contributed by atoms with Crippen molar-refractivity contribution in [1.29, 1.82) is 0 Å². The third-order valence-corrected chi connectivity index (χ3v) is 4.19. The number of carbonyl (C=O) groups is 1. The van der Waals surface area contributed by atoms with Gasteiger partial charge in [0.25, 0.3) is 0 Å². The normalized spacial score (nSPS) is 10.2. The first-order valence-electron chi connectivity index (χ1n) is 7.22. The summed E-state index contributed by atoms with van der Waals surface area (Å²) in [5.74, 6) is -0.275. The molecule has 1 amide bonds. The molecule has 0 saturated carbocycles. The summed E-state index contributed by atoms with van der Waals surface area (Å²) in [4.78, 5) is 12.0. The SMILES string of the molecule is Cc1ccc(NC(=S)NCC(=O)Nc2cc(Cl)ccc2Cl)cc1C. The number of thiocarbonyl (C=S) groups is 1. The van der Waals surface area contributed by atoms with Crippen LogP contribution in [0.1, 0.15) is 11.1 Å². The van der Waals surface area contributed by atoms with Crippen molar-refractivity contribution in [3.63, 3.8) is 0 Å². The number of nitrogens with one attached hydrogen (secondary N) is 3. The molecule has 0 aliphatic carbocycles. The second kappa shape index (κ2) is 8.33. The molecule has 0 heterocycles. The molecule has 4 nitrogen and oxygen atoms in total. The molecule has 7 heteroatoms. The predicted molar refractivity (Wildman–Crippen MR) is 105 cm³/mol. The summed E-state index contributed by atoms with van der Waals surface area (Å²) in [6, 6.07) is 10.8. The molecule has 0 aromatic heterocycles. The standard InChI is InChI=1S/C17H17Cl2N3OS/c1-10-3-5-13(7-11(10)2)21-17(24)20-9-16(23)22-15-8-12(18)4-6-14(15)19/h3-8H,9H2,1-2H3,(H,22,23)(H2,20,21,24). The van der Waals surface area contributed by atoms with Gasteiger partial charge in [0.05, 0.1) is 17.3 Å². The molecule has 2 rings (SSSR count). The van der Waals surface area contributed by atoms with Gasteiger partial charge in [0.15, 0.2) is 5.11 Å². The van der Waals surface area contributed by atoms with Gasteiger partial charge in [-0.05, 0) is 67.5 Å². The van der Waals surface area contributed by atoms with Crippen molar-refractivity contribution in [2.75, 3.05) is 17.2 Å². The van der Waals surface area contributed by atoms with Crippen LogP contribution < -0.4 is 16.0 Å². The smallest absolute Gasteiger partial charge is 0.243 e. The predicted octanol–water partition coefficient (Wildman–Crippen LogP) is 4.54. The van der Waals surface area contributed by atoms with Crippen molar-refractivity contribution in [1.82, 2.24) is 5.32 Å². The maximum Gasteiger partial charge on any atom is 0.243 e. The van der Waals surface area contributed by atoms with Crippen LogP contribution in [0, 0.1) is 13.8 Å². The molecule has 126 valence electrons. The van der Waals surface area contributed by atoms with Crippen molar-refractivity contribution >= 4 is 57.8 Å². The highest BCUT2D eigenvalue weighted by molar-refractivity contribution is 7.80. The maximum atomic E-state index is 12.0. The third kappa shape index (κ3) is 5.37. The number of hydrogen-bond acceptors (Lipinski definition) is 2. The molecule has 0 atom stereocenters. The lowest BCUT2D eigenvalue weighted by Crippen LogP contribution is -2.35. The van der Waals surface area contributed by atoms with Gasteiger partial charge >= 0.3 is 0 Å². The van der Waals surface area contributed by atoms with Crippen LogP contribution in [0.2, 0.25) is 10.0 Å². The Morgan fingerprint density at radius 1 is 1.04 bits per heavy atom. The Labute approximate surface area is 156 Å². The molecule has 0 fully saturated rings. The molecule has 3 N–H and O–H groups in total. The van der Waals surface area contributed by atoms with E-state index >= 15 is 0 Å². The topological polar surface area (TPSA) is 53.2 Å². The van der Waals surface area contributed by atoms with Crippen LogP contribution in [0.4, 0.5) is 11.4 Å². The highest BCUT2D eigenvalue weighted by atomic mass is 35.5. The average molecular weight is 382 g/mol. The summed E-state index contributed by atoms with van der Waals surface area (Å²) >= 11 is 17.1. The molecule has 0 aliphatic rings. The van der Waals surface area contributed by atoms with E-state index in [-0.39, 0.29) is 12.5 Å². The zero-order chi connectivity index (χ0) is 17.7. The Kier molecular flexibility index (Phi) is 6.43. The number of anilines is 2. The Morgan fingerprint density at radius 3 is 2.50 bits per heavy atom. The fourth-order valence-electron chi connectivity index (χ4n) is 1.94. The van der Waals surface area contributed by atoms with Gasteiger partial charge in [-0.2, -0.15) is 0 Å². The molecule has 24 heavy (non-hydrogen) atoms. The lowest BCUT2D eigenvalue weighted by molar-refractivity contribution is -0.115. The fourth-order valence-corrected chi connectivity index (χ4v) is 2.47. The highest BCUT2D eigenvalue weighted by Crippen LogP contribution is 2.25. The van der Waals surface area contributed by atoms with Gasteiger partial charge in [-0.1, -0.05) is 29.3 Å². The Balaban J connectivity index is 1.85. The van der Waals surface area contributed by atoms with Crippen molar-refractivity contribution in [2.24, 2.45) is 0 Å². The maximum absolute atomic E-state index is 12.0. The molecule has 0 aliphatic heterocycles. The number of halogens is 2. The van der Waals surface area contributed by atoms with Crippen LogP contribution in [0.15, 0.2) is 36.4 Å². The minimum atomic E-state index is -0.275. The zero-order valence-electron chi connectivity index (χ0n) is 13.2. The summed E-state index contributed by atoms with van der Waals surface area (Å²) in [6.07, 6.45) is 0. The van der Waals surface area contributed by atoms with E-state index in [9.17, 15) is 4.79 Å². The molecule has 0 saturated heterocycles. The van der Waals surface area contributed by atoms with E-state index < -0.39 is 0 Å². The van der Waals surface area contributed by atoms with E-state index in [1.165, 1.54) is 5.56 Å². The van der Waals surface area contributed by atoms with Crippen molar-refractivity contribution in [3.8, 4) is 0 Å². The number of carbonyl (C=O) groups excluding carboxylic acids is 1. The molecule has 2 aromatic rings. The van der Waals surface area contributed by atoms with Crippen LogP contribution in [-0.2, 0) is 4.79 Å². The summed E-state index contributed by atoms with van der Waals surface area (Å²) in [6.45, 7) is 4.08. The van der Waals surface area contributed by atoms with Crippen LogP contribution >= 0.6 is 35.4 Å². The van der Waals surface area contributed by atoms with Crippen LogP contribution in [0.5, 0.6) is 0 Å². The van der Waals surface area contributed by atoms with Crippen molar-refractivity contribution < 1.29 is 4.79 Å². The number of benzene rings is 2. The molecule has 0 unspecified atom stereocenters. The van der Waals surface area contributed by atoms with Gasteiger partial charge in [-0.3, -0.25) is 4.79 Å². The summed E-state index contributed by atoms with van der Waals surface area (Å²) in [7, 11) is 0. The molecule has 2 aromatic carbocycles. The highest BCUT2D eigenvalue weighted by Gasteiger charge is 2.07.